The normalized spacial score (nSPS) is 17.4. The van der Waals surface area contributed by atoms with E-state index in [9.17, 15) is 4.21 Å². The summed E-state index contributed by atoms with van der Waals surface area (Å²) in [5.41, 5.74) is 0. The minimum atomic E-state index is -2.27. The number of hydrogen-bond acceptors (Lipinski definition) is 3. The SMILES string of the molecule is CS(=O)(CCO)=NN. The highest BCUT2D eigenvalue weighted by atomic mass is 32.2. The minimum Gasteiger partial charge on any atom is -0.395 e. The van der Waals surface area contributed by atoms with Crippen molar-refractivity contribution in [3.63, 3.8) is 0 Å². The summed E-state index contributed by atoms with van der Waals surface area (Å²) in [4.78, 5) is 0. The molecule has 0 aliphatic carbocycles. The molecule has 0 saturated carbocycles. The Morgan fingerprint density at radius 3 is 2.50 bits per heavy atom. The van der Waals surface area contributed by atoms with Crippen LogP contribution in [0.5, 0.6) is 0 Å². The van der Waals surface area contributed by atoms with Gasteiger partial charge in [-0.15, -0.1) is 0 Å². The van der Waals surface area contributed by atoms with Gasteiger partial charge in [0.25, 0.3) is 0 Å². The fraction of sp³-hybridized carbons (Fsp3) is 1.00. The lowest BCUT2D eigenvalue weighted by molar-refractivity contribution is 0.321. The smallest absolute Gasteiger partial charge is 0.0628 e. The number of hydrogen-bond donors (Lipinski definition) is 2. The fourth-order valence-electron chi connectivity index (χ4n) is 0.222. The van der Waals surface area contributed by atoms with Gasteiger partial charge in [0.05, 0.1) is 22.1 Å². The first-order chi connectivity index (χ1) is 3.62. The van der Waals surface area contributed by atoms with Crippen molar-refractivity contribution in [3.8, 4) is 0 Å². The highest BCUT2D eigenvalue weighted by molar-refractivity contribution is 7.92. The zero-order valence-corrected chi connectivity index (χ0v) is 5.52. The summed E-state index contributed by atoms with van der Waals surface area (Å²) >= 11 is 0. The Balaban J connectivity index is 3.96. The topological polar surface area (TPSA) is 75.7 Å². The zero-order valence-electron chi connectivity index (χ0n) is 4.70. The van der Waals surface area contributed by atoms with Crippen LogP contribution in [0.25, 0.3) is 0 Å². The van der Waals surface area contributed by atoms with E-state index >= 15 is 0 Å². The first-order valence-electron chi connectivity index (χ1n) is 2.12. The van der Waals surface area contributed by atoms with Crippen molar-refractivity contribution >= 4 is 9.73 Å². The van der Waals surface area contributed by atoms with Crippen molar-refractivity contribution in [2.75, 3.05) is 18.6 Å². The van der Waals surface area contributed by atoms with Gasteiger partial charge in [-0.05, 0) is 0 Å². The second-order valence-corrected chi connectivity index (χ2v) is 4.03. The van der Waals surface area contributed by atoms with Crippen molar-refractivity contribution in [1.29, 1.82) is 0 Å². The molecule has 8 heavy (non-hydrogen) atoms. The molecule has 50 valence electrons. The van der Waals surface area contributed by atoms with Crippen molar-refractivity contribution in [2.24, 2.45) is 10.3 Å². The molecule has 0 saturated heterocycles. The Bertz CT molecular complexity index is 159. The van der Waals surface area contributed by atoms with Gasteiger partial charge in [0.1, 0.15) is 0 Å². The van der Waals surface area contributed by atoms with Crippen LogP contribution in [-0.2, 0) is 9.73 Å². The summed E-state index contributed by atoms with van der Waals surface area (Å²) in [5.74, 6) is 4.89. The Hall–Kier alpha value is -0.130. The molecule has 0 aliphatic heterocycles. The summed E-state index contributed by atoms with van der Waals surface area (Å²) in [6.07, 6.45) is 1.41. The number of aliphatic hydroxyl groups excluding tert-OH is 1. The number of nitrogens with two attached hydrogens (primary N) is 1. The van der Waals surface area contributed by atoms with Gasteiger partial charge in [0, 0.05) is 6.26 Å². The lowest BCUT2D eigenvalue weighted by atomic mass is 10.9. The molecule has 4 nitrogen and oxygen atoms in total. The Kier molecular flexibility index (Phi) is 2.96. The van der Waals surface area contributed by atoms with Crippen LogP contribution in [0.2, 0.25) is 0 Å². The third kappa shape index (κ3) is 2.95. The average molecular weight is 138 g/mol. The molecule has 0 spiro atoms. The van der Waals surface area contributed by atoms with Gasteiger partial charge in [-0.25, -0.2) is 10.1 Å². The highest BCUT2D eigenvalue weighted by Gasteiger charge is 1.95. The molecule has 5 heteroatoms. The van der Waals surface area contributed by atoms with Crippen LogP contribution in [0.15, 0.2) is 4.47 Å². The van der Waals surface area contributed by atoms with Crippen LogP contribution in [0, 0.1) is 0 Å². The molecule has 0 rings (SSSR count). The largest absolute Gasteiger partial charge is 0.395 e. The van der Waals surface area contributed by atoms with Gasteiger partial charge in [-0.1, -0.05) is 0 Å². The highest BCUT2D eigenvalue weighted by Crippen LogP contribution is 1.83. The van der Waals surface area contributed by atoms with E-state index in [0.717, 1.165) is 0 Å². The van der Waals surface area contributed by atoms with Crippen LogP contribution in [-0.4, -0.2) is 27.9 Å². The van der Waals surface area contributed by atoms with Gasteiger partial charge < -0.3 is 5.11 Å². The van der Waals surface area contributed by atoms with Crippen LogP contribution >= 0.6 is 0 Å². The molecule has 0 bridgehead atoms. The van der Waals surface area contributed by atoms with Gasteiger partial charge >= 0.3 is 0 Å². The second kappa shape index (κ2) is 3.01. The van der Waals surface area contributed by atoms with E-state index in [4.69, 9.17) is 10.9 Å². The molecule has 0 aromatic rings. The first kappa shape index (κ1) is 7.87. The number of aliphatic hydroxyl groups is 1. The lowest BCUT2D eigenvalue weighted by Crippen LogP contribution is -2.08. The van der Waals surface area contributed by atoms with Gasteiger partial charge in [-0.3, -0.25) is 0 Å². The average Bonchev–Trinajstić information content (AvgIpc) is 1.67. The maximum Gasteiger partial charge on any atom is 0.0628 e. The van der Waals surface area contributed by atoms with Crippen LogP contribution in [0.1, 0.15) is 0 Å². The number of rotatable bonds is 2. The quantitative estimate of drug-likeness (QED) is 0.377. The monoisotopic (exact) mass is 138 g/mol. The van der Waals surface area contributed by atoms with E-state index in [-0.39, 0.29) is 12.4 Å². The van der Waals surface area contributed by atoms with Crippen LogP contribution in [0.3, 0.4) is 0 Å². The van der Waals surface area contributed by atoms with Gasteiger partial charge in [0.15, 0.2) is 0 Å². The summed E-state index contributed by atoms with van der Waals surface area (Å²) in [7, 11) is -2.27. The molecule has 0 aromatic carbocycles. The van der Waals surface area contributed by atoms with E-state index in [1.54, 1.807) is 0 Å². The van der Waals surface area contributed by atoms with E-state index in [1.807, 2.05) is 0 Å². The van der Waals surface area contributed by atoms with Crippen molar-refractivity contribution < 1.29 is 9.32 Å². The summed E-state index contributed by atoms with van der Waals surface area (Å²) in [6, 6.07) is 0. The number of nitrogens with zero attached hydrogens (tertiary/aromatic N) is 1. The summed E-state index contributed by atoms with van der Waals surface area (Å²) in [6.45, 7) is -0.129. The molecule has 0 aromatic heterocycles. The summed E-state index contributed by atoms with van der Waals surface area (Å²) < 4.78 is 13.8. The van der Waals surface area contributed by atoms with Gasteiger partial charge in [-0.2, -0.15) is 4.47 Å². The van der Waals surface area contributed by atoms with Gasteiger partial charge in [0.2, 0.25) is 0 Å². The summed E-state index contributed by atoms with van der Waals surface area (Å²) in [5, 5.41) is 8.24. The van der Waals surface area contributed by atoms with Crippen molar-refractivity contribution in [3.05, 3.63) is 0 Å². The fourth-order valence-corrected chi connectivity index (χ4v) is 0.666. The van der Waals surface area contributed by atoms with E-state index in [0.29, 0.717) is 0 Å². The maximum absolute atomic E-state index is 10.7. The predicted molar refractivity (Wildman–Crippen MR) is 32.6 cm³/mol. The Morgan fingerprint density at radius 2 is 2.38 bits per heavy atom. The lowest BCUT2D eigenvalue weighted by Gasteiger charge is -1.94. The zero-order chi connectivity index (χ0) is 6.62. The molecule has 0 aliphatic rings. The van der Waals surface area contributed by atoms with E-state index in [1.165, 1.54) is 6.26 Å². The van der Waals surface area contributed by atoms with E-state index in [2.05, 4.69) is 4.47 Å². The molecular weight excluding hydrogens is 128 g/mol. The second-order valence-electron chi connectivity index (χ2n) is 1.49. The predicted octanol–water partition coefficient (Wildman–Crippen LogP) is -1.05. The Morgan fingerprint density at radius 1 is 1.88 bits per heavy atom. The molecule has 3 N–H and O–H groups in total. The van der Waals surface area contributed by atoms with Crippen LogP contribution in [0.4, 0.5) is 0 Å². The maximum atomic E-state index is 10.7. The molecule has 1 unspecified atom stereocenters. The first-order valence-corrected chi connectivity index (χ1v) is 4.21. The molecule has 0 heterocycles. The minimum absolute atomic E-state index is 0.129. The molecule has 0 radical (unpaired) electrons. The molecule has 1 atom stereocenters. The molecule has 0 amide bonds. The third-order valence-corrected chi connectivity index (χ3v) is 2.08. The third-order valence-electron chi connectivity index (χ3n) is 0.693. The Labute approximate surface area is 48.9 Å². The van der Waals surface area contributed by atoms with Crippen LogP contribution < -0.4 is 5.84 Å². The standard InChI is InChI=1S/C3H10N2O2S/c1-8(7,5-4)3-2-6/h6H,2-4H2,1H3. The van der Waals surface area contributed by atoms with Crippen molar-refractivity contribution in [2.45, 2.75) is 0 Å². The molecule has 0 fully saturated rings. The van der Waals surface area contributed by atoms with Crippen molar-refractivity contribution in [1.82, 2.24) is 0 Å². The molecular formula is C3H10N2O2S. The van der Waals surface area contributed by atoms with E-state index < -0.39 is 9.73 Å².